The zero-order valence-electron chi connectivity index (χ0n) is 14.0. The van der Waals surface area contributed by atoms with Gasteiger partial charge in [-0.3, -0.25) is 0 Å². The summed E-state index contributed by atoms with van der Waals surface area (Å²) in [7, 11) is 0. The number of furan rings is 1. The van der Waals surface area contributed by atoms with Gasteiger partial charge in [-0.25, -0.2) is 4.98 Å². The second-order valence-electron chi connectivity index (χ2n) is 5.48. The third-order valence-corrected chi connectivity index (χ3v) is 5.67. The summed E-state index contributed by atoms with van der Waals surface area (Å²) in [5, 5.41) is 12.3. The lowest BCUT2D eigenvalue weighted by atomic mass is 10.2. The number of rotatable bonds is 7. The number of oxazole rings is 1. The second-order valence-corrected chi connectivity index (χ2v) is 7.68. The summed E-state index contributed by atoms with van der Waals surface area (Å²) in [5.74, 6) is 3.03. The standard InChI is InChI=1S/C18H16N4O2S2/c1-12-15(20-16(24-12)13-6-3-2-4-7-13)11-25-18-22-21-17(26-18)19-10-14-8-5-9-23-14/h2-9H,10-11H2,1H3,(H,19,21). The van der Waals surface area contributed by atoms with E-state index in [0.29, 0.717) is 18.2 Å². The zero-order valence-corrected chi connectivity index (χ0v) is 15.6. The number of nitrogens with zero attached hydrogens (tertiary/aromatic N) is 3. The third kappa shape index (κ3) is 3.97. The van der Waals surface area contributed by atoms with E-state index in [1.165, 1.54) is 11.3 Å². The van der Waals surface area contributed by atoms with E-state index < -0.39 is 0 Å². The molecule has 26 heavy (non-hydrogen) atoms. The second kappa shape index (κ2) is 7.76. The molecule has 0 radical (unpaired) electrons. The molecule has 0 saturated carbocycles. The number of aryl methyl sites for hydroxylation is 1. The maximum Gasteiger partial charge on any atom is 0.226 e. The summed E-state index contributed by atoms with van der Waals surface area (Å²) in [4.78, 5) is 4.61. The first-order valence-corrected chi connectivity index (χ1v) is 9.82. The lowest BCUT2D eigenvalue weighted by molar-refractivity contribution is 0.518. The molecule has 0 saturated heterocycles. The van der Waals surface area contributed by atoms with Gasteiger partial charge in [-0.05, 0) is 31.2 Å². The lowest BCUT2D eigenvalue weighted by Crippen LogP contribution is -1.96. The first-order valence-electron chi connectivity index (χ1n) is 8.02. The molecule has 3 aromatic heterocycles. The van der Waals surface area contributed by atoms with Crippen LogP contribution < -0.4 is 5.32 Å². The van der Waals surface area contributed by atoms with Crippen LogP contribution in [-0.2, 0) is 12.3 Å². The molecule has 0 spiro atoms. The average Bonchev–Trinajstić information content (AvgIpc) is 3.40. The predicted octanol–water partition coefficient (Wildman–Crippen LogP) is 5.00. The van der Waals surface area contributed by atoms with Crippen molar-refractivity contribution in [2.45, 2.75) is 23.6 Å². The highest BCUT2D eigenvalue weighted by atomic mass is 32.2. The molecule has 3 heterocycles. The summed E-state index contributed by atoms with van der Waals surface area (Å²) in [6, 6.07) is 13.7. The van der Waals surface area contributed by atoms with Crippen LogP contribution in [0.4, 0.5) is 5.13 Å². The Morgan fingerprint density at radius 2 is 2.00 bits per heavy atom. The van der Waals surface area contributed by atoms with E-state index in [2.05, 4.69) is 20.5 Å². The van der Waals surface area contributed by atoms with E-state index in [9.17, 15) is 0 Å². The summed E-state index contributed by atoms with van der Waals surface area (Å²) >= 11 is 3.11. The van der Waals surface area contributed by atoms with Gasteiger partial charge in [0.15, 0.2) is 4.34 Å². The molecule has 0 aliphatic rings. The third-order valence-electron chi connectivity index (χ3n) is 3.65. The molecule has 0 fully saturated rings. The van der Waals surface area contributed by atoms with Crippen molar-refractivity contribution in [3.63, 3.8) is 0 Å². The van der Waals surface area contributed by atoms with Gasteiger partial charge in [0.05, 0.1) is 18.5 Å². The quantitative estimate of drug-likeness (QED) is 0.449. The first-order chi connectivity index (χ1) is 12.8. The Kier molecular flexibility index (Phi) is 5.03. The Balaban J connectivity index is 1.36. The van der Waals surface area contributed by atoms with E-state index in [4.69, 9.17) is 8.83 Å². The van der Waals surface area contributed by atoms with Gasteiger partial charge in [-0.15, -0.1) is 10.2 Å². The number of anilines is 1. The number of thioether (sulfide) groups is 1. The number of nitrogens with one attached hydrogen (secondary N) is 1. The molecule has 4 aromatic rings. The van der Waals surface area contributed by atoms with E-state index in [0.717, 1.165) is 32.2 Å². The van der Waals surface area contributed by atoms with Gasteiger partial charge in [0.1, 0.15) is 11.5 Å². The molecule has 0 bridgehead atoms. The summed E-state index contributed by atoms with van der Waals surface area (Å²) in [6.07, 6.45) is 1.66. The highest BCUT2D eigenvalue weighted by Crippen LogP contribution is 2.30. The van der Waals surface area contributed by atoms with E-state index in [1.54, 1.807) is 18.0 Å². The summed E-state index contributed by atoms with van der Waals surface area (Å²) in [5.41, 5.74) is 1.90. The molecule has 6 nitrogen and oxygen atoms in total. The van der Waals surface area contributed by atoms with Crippen LogP contribution in [0.1, 0.15) is 17.2 Å². The van der Waals surface area contributed by atoms with Crippen LogP contribution >= 0.6 is 23.1 Å². The molecule has 0 atom stereocenters. The minimum Gasteiger partial charge on any atom is -0.467 e. The first kappa shape index (κ1) is 16.9. The lowest BCUT2D eigenvalue weighted by Gasteiger charge is -1.97. The Morgan fingerprint density at radius 3 is 2.81 bits per heavy atom. The van der Waals surface area contributed by atoms with Gasteiger partial charge in [0.25, 0.3) is 0 Å². The molecule has 1 aromatic carbocycles. The number of benzene rings is 1. The van der Waals surface area contributed by atoms with Crippen molar-refractivity contribution < 1.29 is 8.83 Å². The predicted molar refractivity (Wildman–Crippen MR) is 102 cm³/mol. The molecule has 8 heteroatoms. The van der Waals surface area contributed by atoms with Gasteiger partial charge in [-0.1, -0.05) is 41.3 Å². The Morgan fingerprint density at radius 1 is 1.12 bits per heavy atom. The maximum absolute atomic E-state index is 5.79. The Bertz CT molecular complexity index is 964. The van der Waals surface area contributed by atoms with Crippen LogP contribution in [0.2, 0.25) is 0 Å². The van der Waals surface area contributed by atoms with Crippen LogP contribution in [0.15, 0.2) is 61.9 Å². The minimum absolute atomic E-state index is 0.592. The van der Waals surface area contributed by atoms with Crippen molar-refractivity contribution in [3.8, 4) is 11.5 Å². The van der Waals surface area contributed by atoms with Gasteiger partial charge in [0.2, 0.25) is 11.0 Å². The number of hydrogen-bond donors (Lipinski definition) is 1. The Labute approximate surface area is 158 Å². The van der Waals surface area contributed by atoms with E-state index in [-0.39, 0.29) is 0 Å². The van der Waals surface area contributed by atoms with Gasteiger partial charge >= 0.3 is 0 Å². The van der Waals surface area contributed by atoms with Crippen molar-refractivity contribution in [3.05, 3.63) is 65.9 Å². The number of aromatic nitrogens is 3. The SMILES string of the molecule is Cc1oc(-c2ccccc2)nc1CSc1nnc(NCc2ccco2)s1. The van der Waals surface area contributed by atoms with Gasteiger partial charge in [0, 0.05) is 11.3 Å². The average molecular weight is 384 g/mol. The molecule has 1 N–H and O–H groups in total. The van der Waals surface area contributed by atoms with Crippen molar-refractivity contribution in [1.29, 1.82) is 0 Å². The molecule has 132 valence electrons. The van der Waals surface area contributed by atoms with Gasteiger partial charge < -0.3 is 14.2 Å². The zero-order chi connectivity index (χ0) is 17.8. The van der Waals surface area contributed by atoms with Crippen molar-refractivity contribution >= 4 is 28.2 Å². The van der Waals surface area contributed by atoms with Crippen LogP contribution in [0.5, 0.6) is 0 Å². The number of hydrogen-bond acceptors (Lipinski definition) is 8. The highest BCUT2D eigenvalue weighted by Gasteiger charge is 2.13. The van der Waals surface area contributed by atoms with Crippen LogP contribution in [0, 0.1) is 6.92 Å². The van der Waals surface area contributed by atoms with E-state index in [1.807, 2.05) is 49.4 Å². The fourth-order valence-electron chi connectivity index (χ4n) is 2.31. The van der Waals surface area contributed by atoms with E-state index >= 15 is 0 Å². The van der Waals surface area contributed by atoms with Crippen molar-refractivity contribution in [1.82, 2.24) is 15.2 Å². The molecule has 4 rings (SSSR count). The largest absolute Gasteiger partial charge is 0.467 e. The van der Waals surface area contributed by atoms with Gasteiger partial charge in [-0.2, -0.15) is 0 Å². The van der Waals surface area contributed by atoms with Crippen molar-refractivity contribution in [2.24, 2.45) is 0 Å². The molecule has 0 amide bonds. The smallest absolute Gasteiger partial charge is 0.226 e. The van der Waals surface area contributed by atoms with Crippen molar-refractivity contribution in [2.75, 3.05) is 5.32 Å². The minimum atomic E-state index is 0.592. The van der Waals surface area contributed by atoms with Crippen LogP contribution in [-0.4, -0.2) is 15.2 Å². The summed E-state index contributed by atoms with van der Waals surface area (Å²) in [6.45, 7) is 2.53. The van der Waals surface area contributed by atoms with Crippen LogP contribution in [0.3, 0.4) is 0 Å². The highest BCUT2D eigenvalue weighted by molar-refractivity contribution is 8.00. The molecule has 0 aliphatic heterocycles. The fraction of sp³-hybridized carbons (Fsp3) is 0.167. The molecule has 0 aliphatic carbocycles. The Hall–Kier alpha value is -2.58. The molecule has 0 unspecified atom stereocenters. The monoisotopic (exact) mass is 384 g/mol. The molecular weight excluding hydrogens is 368 g/mol. The fourth-order valence-corrected chi connectivity index (χ4v) is 4.06. The normalized spacial score (nSPS) is 11.0. The molecular formula is C18H16N4O2S2. The summed E-state index contributed by atoms with van der Waals surface area (Å²) < 4.78 is 12.0. The topological polar surface area (TPSA) is 77.0 Å². The maximum atomic E-state index is 5.79. The van der Waals surface area contributed by atoms with Crippen LogP contribution in [0.25, 0.3) is 11.5 Å².